The molecule has 1 aliphatic rings. The summed E-state index contributed by atoms with van der Waals surface area (Å²) in [6, 6.07) is 8.31. The number of nitrogens with zero attached hydrogens (tertiary/aromatic N) is 3. The summed E-state index contributed by atoms with van der Waals surface area (Å²) in [7, 11) is 1.44. The number of fused-ring (bicyclic) bond motifs is 1. The van der Waals surface area contributed by atoms with Gasteiger partial charge in [-0.15, -0.1) is 10.2 Å². The van der Waals surface area contributed by atoms with Gasteiger partial charge in [0.15, 0.2) is 0 Å². The Morgan fingerprint density at radius 3 is 2.95 bits per heavy atom. The van der Waals surface area contributed by atoms with Crippen LogP contribution in [-0.2, 0) is 28.9 Å². The van der Waals surface area contributed by atoms with Gasteiger partial charge in [0, 0.05) is 19.4 Å². The Kier molecular flexibility index (Phi) is 3.73. The topological polar surface area (TPSA) is 57.0 Å². The summed E-state index contributed by atoms with van der Waals surface area (Å²) in [5.41, 5.74) is 2.53. The van der Waals surface area contributed by atoms with E-state index in [1.165, 1.54) is 18.2 Å². The number of rotatable bonds is 3. The Balaban J connectivity index is 1.81. The molecule has 0 aliphatic carbocycles. The number of benzene rings is 1. The van der Waals surface area contributed by atoms with E-state index in [9.17, 15) is 4.79 Å². The first kappa shape index (κ1) is 13.8. The van der Waals surface area contributed by atoms with Crippen molar-refractivity contribution in [2.24, 2.45) is 5.92 Å². The molecule has 0 radical (unpaired) electrons. The van der Waals surface area contributed by atoms with Crippen molar-refractivity contribution in [3.63, 3.8) is 0 Å². The quantitative estimate of drug-likeness (QED) is 0.808. The lowest BCUT2D eigenvalue weighted by atomic mass is 9.97. The Labute approximate surface area is 124 Å². The van der Waals surface area contributed by atoms with Crippen molar-refractivity contribution in [3.8, 4) is 0 Å². The number of aryl methyl sites for hydroxylation is 1. The molecule has 1 unspecified atom stereocenters. The van der Waals surface area contributed by atoms with E-state index in [1.807, 2.05) is 12.1 Å². The van der Waals surface area contributed by atoms with E-state index < -0.39 is 0 Å². The molecule has 2 heterocycles. The number of hydrogen-bond acceptors (Lipinski definition) is 4. The largest absolute Gasteiger partial charge is 0.469 e. The zero-order valence-electron chi connectivity index (χ0n) is 12.4. The molecule has 0 N–H and O–H groups in total. The van der Waals surface area contributed by atoms with Crippen LogP contribution in [0.25, 0.3) is 0 Å². The zero-order chi connectivity index (χ0) is 14.8. The first-order valence-corrected chi connectivity index (χ1v) is 7.22. The van der Waals surface area contributed by atoms with E-state index in [-0.39, 0.29) is 11.9 Å². The fraction of sp³-hybridized carbons (Fsp3) is 0.438. The average molecular weight is 285 g/mol. The molecule has 1 aromatic carbocycles. The molecule has 5 nitrogen and oxygen atoms in total. The molecule has 0 fully saturated rings. The standard InChI is InChI=1S/C16H19N3O2/c1-11-5-3-4-6-12(11)9-14-17-18-15-10-13(16(20)21-2)7-8-19(14)15/h3-6,13H,7-10H2,1-2H3. The highest BCUT2D eigenvalue weighted by atomic mass is 16.5. The van der Waals surface area contributed by atoms with Gasteiger partial charge in [0.2, 0.25) is 0 Å². The molecule has 1 atom stereocenters. The molecule has 5 heteroatoms. The fourth-order valence-electron chi connectivity index (χ4n) is 2.87. The molecular formula is C16H19N3O2. The Bertz CT molecular complexity index is 663. The maximum atomic E-state index is 11.6. The second-order valence-corrected chi connectivity index (χ2v) is 5.50. The van der Waals surface area contributed by atoms with E-state index >= 15 is 0 Å². The minimum absolute atomic E-state index is 0.0852. The van der Waals surface area contributed by atoms with Crippen LogP contribution in [0.5, 0.6) is 0 Å². The summed E-state index contributed by atoms with van der Waals surface area (Å²) in [6.45, 7) is 2.89. The van der Waals surface area contributed by atoms with Crippen molar-refractivity contribution >= 4 is 5.97 Å². The summed E-state index contributed by atoms with van der Waals surface area (Å²) in [4.78, 5) is 11.6. The van der Waals surface area contributed by atoms with Crippen LogP contribution in [0.1, 0.15) is 29.2 Å². The van der Waals surface area contributed by atoms with Crippen LogP contribution in [0.2, 0.25) is 0 Å². The lowest BCUT2D eigenvalue weighted by Gasteiger charge is -2.21. The third-order valence-electron chi connectivity index (χ3n) is 4.18. The van der Waals surface area contributed by atoms with Gasteiger partial charge >= 0.3 is 5.97 Å². The molecule has 1 aromatic heterocycles. The van der Waals surface area contributed by atoms with Gasteiger partial charge in [-0.05, 0) is 24.5 Å². The third kappa shape index (κ3) is 2.68. The molecule has 21 heavy (non-hydrogen) atoms. The monoisotopic (exact) mass is 285 g/mol. The summed E-state index contributed by atoms with van der Waals surface area (Å²) >= 11 is 0. The van der Waals surface area contributed by atoms with Crippen LogP contribution in [0, 0.1) is 12.8 Å². The number of aromatic nitrogens is 3. The lowest BCUT2D eigenvalue weighted by molar-refractivity contribution is -0.146. The van der Waals surface area contributed by atoms with Gasteiger partial charge in [-0.3, -0.25) is 4.79 Å². The van der Waals surface area contributed by atoms with Gasteiger partial charge in [-0.25, -0.2) is 0 Å². The lowest BCUT2D eigenvalue weighted by Crippen LogP contribution is -2.27. The predicted octanol–water partition coefficient (Wildman–Crippen LogP) is 1.91. The van der Waals surface area contributed by atoms with Gasteiger partial charge < -0.3 is 9.30 Å². The summed E-state index contributed by atoms with van der Waals surface area (Å²) in [5.74, 6) is 1.63. The van der Waals surface area contributed by atoms with Crippen molar-refractivity contribution in [3.05, 3.63) is 47.0 Å². The van der Waals surface area contributed by atoms with Gasteiger partial charge in [0.05, 0.1) is 13.0 Å². The second-order valence-electron chi connectivity index (χ2n) is 5.50. The average Bonchev–Trinajstić information content (AvgIpc) is 2.91. The number of hydrogen-bond donors (Lipinski definition) is 0. The van der Waals surface area contributed by atoms with Crippen LogP contribution >= 0.6 is 0 Å². The predicted molar refractivity (Wildman–Crippen MR) is 77.8 cm³/mol. The minimum atomic E-state index is -0.148. The number of methoxy groups -OCH3 is 1. The number of carbonyl (C=O) groups is 1. The van der Waals surface area contributed by atoms with E-state index in [1.54, 1.807) is 0 Å². The first-order valence-electron chi connectivity index (χ1n) is 7.22. The summed E-state index contributed by atoms with van der Waals surface area (Å²) in [5, 5.41) is 8.57. The van der Waals surface area contributed by atoms with E-state index in [2.05, 4.69) is 33.8 Å². The highest BCUT2D eigenvalue weighted by molar-refractivity contribution is 5.72. The Hall–Kier alpha value is -2.17. The van der Waals surface area contributed by atoms with Gasteiger partial charge in [0.1, 0.15) is 11.6 Å². The molecule has 0 saturated heterocycles. The van der Waals surface area contributed by atoms with Gasteiger partial charge in [-0.1, -0.05) is 24.3 Å². The highest BCUT2D eigenvalue weighted by Crippen LogP contribution is 2.23. The van der Waals surface area contributed by atoms with Crippen LogP contribution in [-0.4, -0.2) is 27.8 Å². The Morgan fingerprint density at radius 1 is 1.38 bits per heavy atom. The van der Waals surface area contributed by atoms with E-state index in [4.69, 9.17) is 4.74 Å². The maximum absolute atomic E-state index is 11.6. The molecule has 1 aliphatic heterocycles. The molecular weight excluding hydrogens is 266 g/mol. The molecule has 2 aromatic rings. The molecule has 0 spiro atoms. The third-order valence-corrected chi connectivity index (χ3v) is 4.18. The van der Waals surface area contributed by atoms with Crippen LogP contribution in [0.4, 0.5) is 0 Å². The van der Waals surface area contributed by atoms with Crippen molar-refractivity contribution in [2.75, 3.05) is 7.11 Å². The number of ether oxygens (including phenoxy) is 1. The van der Waals surface area contributed by atoms with Crippen LogP contribution < -0.4 is 0 Å². The molecule has 0 bridgehead atoms. The summed E-state index contributed by atoms with van der Waals surface area (Å²) < 4.78 is 6.97. The number of esters is 1. The van der Waals surface area contributed by atoms with Gasteiger partial charge in [-0.2, -0.15) is 0 Å². The zero-order valence-corrected chi connectivity index (χ0v) is 12.4. The van der Waals surface area contributed by atoms with Crippen molar-refractivity contribution in [2.45, 2.75) is 32.7 Å². The Morgan fingerprint density at radius 2 is 2.19 bits per heavy atom. The van der Waals surface area contributed by atoms with Crippen LogP contribution in [0.15, 0.2) is 24.3 Å². The van der Waals surface area contributed by atoms with Crippen molar-refractivity contribution in [1.29, 1.82) is 0 Å². The maximum Gasteiger partial charge on any atom is 0.309 e. The van der Waals surface area contributed by atoms with Crippen molar-refractivity contribution < 1.29 is 9.53 Å². The van der Waals surface area contributed by atoms with E-state index in [0.717, 1.165) is 31.0 Å². The van der Waals surface area contributed by atoms with E-state index in [0.29, 0.717) is 6.42 Å². The highest BCUT2D eigenvalue weighted by Gasteiger charge is 2.28. The minimum Gasteiger partial charge on any atom is -0.469 e. The molecule has 3 rings (SSSR count). The SMILES string of the molecule is COC(=O)C1CCn2c(Cc3ccccc3C)nnc2C1. The first-order chi connectivity index (χ1) is 10.2. The smallest absolute Gasteiger partial charge is 0.309 e. The second kappa shape index (κ2) is 5.68. The summed E-state index contributed by atoms with van der Waals surface area (Å²) in [6.07, 6.45) is 2.19. The molecule has 110 valence electrons. The van der Waals surface area contributed by atoms with Crippen LogP contribution in [0.3, 0.4) is 0 Å². The van der Waals surface area contributed by atoms with Gasteiger partial charge in [0.25, 0.3) is 0 Å². The number of carbonyl (C=O) groups excluding carboxylic acids is 1. The molecule has 0 amide bonds. The fourth-order valence-corrected chi connectivity index (χ4v) is 2.87. The normalized spacial score (nSPS) is 17.3. The van der Waals surface area contributed by atoms with Crippen molar-refractivity contribution in [1.82, 2.24) is 14.8 Å². The molecule has 0 saturated carbocycles.